The van der Waals surface area contributed by atoms with E-state index in [0.717, 1.165) is 45.3 Å². The predicted molar refractivity (Wildman–Crippen MR) is 83.4 cm³/mol. The summed E-state index contributed by atoms with van der Waals surface area (Å²) in [5.74, 6) is 0.504. The molecule has 0 bridgehead atoms. The standard InChI is InChI=1S/C15H20N4O2S/c16-9-18-12-2-1-11(7-12)14(20)19-15-17-8-13(22-15)10-3-5-21-6-4-10/h8,10-12,18H,1-7H2,(H,17,19,20)/t11-,12-/m0/s1. The Morgan fingerprint density at radius 1 is 1.36 bits per heavy atom. The highest BCUT2D eigenvalue weighted by Gasteiger charge is 2.30. The molecule has 1 aromatic heterocycles. The molecule has 2 fully saturated rings. The molecule has 1 amide bonds. The number of nitrogens with zero attached hydrogens (tertiary/aromatic N) is 2. The highest BCUT2D eigenvalue weighted by atomic mass is 32.1. The molecule has 1 saturated heterocycles. The number of anilines is 1. The number of nitriles is 1. The summed E-state index contributed by atoms with van der Waals surface area (Å²) < 4.78 is 5.38. The zero-order chi connectivity index (χ0) is 15.4. The number of aromatic nitrogens is 1. The lowest BCUT2D eigenvalue weighted by atomic mass is 9.99. The fraction of sp³-hybridized carbons (Fsp3) is 0.667. The van der Waals surface area contributed by atoms with Gasteiger partial charge >= 0.3 is 0 Å². The van der Waals surface area contributed by atoms with E-state index in [9.17, 15) is 4.79 Å². The molecule has 2 heterocycles. The van der Waals surface area contributed by atoms with Crippen LogP contribution in [0, 0.1) is 17.4 Å². The largest absolute Gasteiger partial charge is 0.381 e. The Balaban J connectivity index is 1.54. The van der Waals surface area contributed by atoms with Crippen LogP contribution in [-0.2, 0) is 9.53 Å². The highest BCUT2D eigenvalue weighted by Crippen LogP contribution is 2.33. The minimum absolute atomic E-state index is 0.0233. The molecule has 2 atom stereocenters. The summed E-state index contributed by atoms with van der Waals surface area (Å²) in [4.78, 5) is 17.8. The van der Waals surface area contributed by atoms with Crippen LogP contribution in [0.1, 0.15) is 42.9 Å². The van der Waals surface area contributed by atoms with Crippen molar-refractivity contribution in [3.8, 4) is 6.19 Å². The van der Waals surface area contributed by atoms with Gasteiger partial charge in [0.15, 0.2) is 11.3 Å². The summed E-state index contributed by atoms with van der Waals surface area (Å²) in [6.07, 6.45) is 8.31. The Bertz CT molecular complexity index is 562. The quantitative estimate of drug-likeness (QED) is 0.656. The van der Waals surface area contributed by atoms with E-state index in [1.807, 2.05) is 12.4 Å². The molecule has 22 heavy (non-hydrogen) atoms. The van der Waals surface area contributed by atoms with Gasteiger partial charge in [-0.15, -0.1) is 11.3 Å². The van der Waals surface area contributed by atoms with Gasteiger partial charge < -0.3 is 15.4 Å². The zero-order valence-electron chi connectivity index (χ0n) is 12.4. The predicted octanol–water partition coefficient (Wildman–Crippen LogP) is 2.21. The van der Waals surface area contributed by atoms with Crippen molar-refractivity contribution in [2.75, 3.05) is 18.5 Å². The fourth-order valence-corrected chi connectivity index (χ4v) is 4.15. The number of rotatable bonds is 4. The van der Waals surface area contributed by atoms with Crippen molar-refractivity contribution < 1.29 is 9.53 Å². The van der Waals surface area contributed by atoms with Crippen molar-refractivity contribution in [3.63, 3.8) is 0 Å². The molecule has 2 aliphatic rings. The first-order chi connectivity index (χ1) is 10.8. The van der Waals surface area contributed by atoms with Gasteiger partial charge in [-0.3, -0.25) is 4.79 Å². The molecule has 2 N–H and O–H groups in total. The van der Waals surface area contributed by atoms with Crippen LogP contribution in [-0.4, -0.2) is 30.1 Å². The second-order valence-corrected chi connectivity index (χ2v) is 6.97. The first-order valence-electron chi connectivity index (χ1n) is 7.75. The molecule has 3 rings (SSSR count). The lowest BCUT2D eigenvalue weighted by Gasteiger charge is -2.20. The average Bonchev–Trinajstić information content (AvgIpc) is 3.18. The Kier molecular flexibility index (Phi) is 4.90. The molecule has 1 aliphatic carbocycles. The Labute approximate surface area is 133 Å². The monoisotopic (exact) mass is 320 g/mol. The van der Waals surface area contributed by atoms with Crippen molar-refractivity contribution in [2.45, 2.75) is 44.1 Å². The molecule has 0 aromatic carbocycles. The first-order valence-corrected chi connectivity index (χ1v) is 8.57. The number of thiazole rings is 1. The van der Waals surface area contributed by atoms with Gasteiger partial charge in [-0.2, -0.15) is 5.26 Å². The molecular formula is C15H20N4O2S. The molecule has 0 spiro atoms. The van der Waals surface area contributed by atoms with Crippen molar-refractivity contribution in [2.24, 2.45) is 5.92 Å². The van der Waals surface area contributed by atoms with Crippen molar-refractivity contribution in [1.29, 1.82) is 5.26 Å². The van der Waals surface area contributed by atoms with Crippen LogP contribution in [0.25, 0.3) is 0 Å². The Hall–Kier alpha value is -1.65. The average molecular weight is 320 g/mol. The van der Waals surface area contributed by atoms with E-state index in [1.54, 1.807) is 11.3 Å². The van der Waals surface area contributed by atoms with Crippen LogP contribution in [0.15, 0.2) is 6.20 Å². The van der Waals surface area contributed by atoms with E-state index in [2.05, 4.69) is 15.6 Å². The second kappa shape index (κ2) is 7.07. The van der Waals surface area contributed by atoms with E-state index in [1.165, 1.54) is 4.88 Å². The van der Waals surface area contributed by atoms with E-state index < -0.39 is 0 Å². The Morgan fingerprint density at radius 2 is 2.18 bits per heavy atom. The minimum atomic E-state index is -0.0266. The third-order valence-corrected chi connectivity index (χ3v) is 5.52. The van der Waals surface area contributed by atoms with Crippen LogP contribution in [0.2, 0.25) is 0 Å². The summed E-state index contributed by atoms with van der Waals surface area (Å²) in [5.41, 5.74) is 0. The van der Waals surface area contributed by atoms with E-state index in [4.69, 9.17) is 10.00 Å². The molecule has 6 nitrogen and oxygen atoms in total. The normalized spacial score (nSPS) is 25.6. The number of ether oxygens (including phenoxy) is 1. The van der Waals surface area contributed by atoms with E-state index >= 15 is 0 Å². The molecule has 7 heteroatoms. The topological polar surface area (TPSA) is 87.0 Å². The third-order valence-electron chi connectivity index (χ3n) is 4.45. The number of hydrogen-bond donors (Lipinski definition) is 2. The zero-order valence-corrected chi connectivity index (χ0v) is 13.2. The van der Waals surface area contributed by atoms with Crippen molar-refractivity contribution in [1.82, 2.24) is 10.3 Å². The molecule has 1 aromatic rings. The third kappa shape index (κ3) is 3.57. The van der Waals surface area contributed by atoms with Gasteiger partial charge in [0.2, 0.25) is 5.91 Å². The van der Waals surface area contributed by atoms with Gasteiger partial charge in [0.25, 0.3) is 0 Å². The van der Waals surface area contributed by atoms with Crippen LogP contribution in [0.4, 0.5) is 5.13 Å². The molecule has 1 aliphatic heterocycles. The van der Waals surface area contributed by atoms with Crippen LogP contribution >= 0.6 is 11.3 Å². The van der Waals surface area contributed by atoms with Crippen LogP contribution < -0.4 is 10.6 Å². The number of amides is 1. The number of carbonyl (C=O) groups is 1. The van der Waals surface area contributed by atoms with Gasteiger partial charge in [-0.1, -0.05) is 0 Å². The maximum absolute atomic E-state index is 12.3. The smallest absolute Gasteiger partial charge is 0.229 e. The highest BCUT2D eigenvalue weighted by molar-refractivity contribution is 7.15. The van der Waals surface area contributed by atoms with Gasteiger partial charge in [0.05, 0.1) is 0 Å². The summed E-state index contributed by atoms with van der Waals surface area (Å²) in [7, 11) is 0. The number of nitrogens with one attached hydrogen (secondary N) is 2. The first kappa shape index (κ1) is 15.3. The van der Waals surface area contributed by atoms with E-state index in [-0.39, 0.29) is 17.9 Å². The lowest BCUT2D eigenvalue weighted by molar-refractivity contribution is -0.119. The number of carbonyl (C=O) groups excluding carboxylic acids is 1. The SMILES string of the molecule is N#CN[C@H]1CC[C@H](C(=O)Nc2ncc(C3CCOCC3)s2)C1. The maximum Gasteiger partial charge on any atom is 0.229 e. The molecule has 0 unspecified atom stereocenters. The summed E-state index contributed by atoms with van der Waals surface area (Å²) in [5, 5.41) is 15.0. The van der Waals surface area contributed by atoms with Crippen LogP contribution in [0.5, 0.6) is 0 Å². The Morgan fingerprint density at radius 3 is 2.95 bits per heavy atom. The van der Waals surface area contributed by atoms with Gasteiger partial charge in [-0.25, -0.2) is 4.98 Å². The maximum atomic E-state index is 12.3. The van der Waals surface area contributed by atoms with E-state index in [0.29, 0.717) is 11.0 Å². The van der Waals surface area contributed by atoms with Crippen LogP contribution in [0.3, 0.4) is 0 Å². The summed E-state index contributed by atoms with van der Waals surface area (Å²) in [6.45, 7) is 1.61. The summed E-state index contributed by atoms with van der Waals surface area (Å²) >= 11 is 1.57. The molecule has 0 radical (unpaired) electrons. The van der Waals surface area contributed by atoms with Crippen molar-refractivity contribution >= 4 is 22.4 Å². The molecule has 118 valence electrons. The molecule has 1 saturated carbocycles. The van der Waals surface area contributed by atoms with Gasteiger partial charge in [0, 0.05) is 36.2 Å². The second-order valence-electron chi connectivity index (χ2n) is 5.91. The van der Waals surface area contributed by atoms with Gasteiger partial charge in [0.1, 0.15) is 0 Å². The molecular weight excluding hydrogens is 300 g/mol. The fourth-order valence-electron chi connectivity index (χ4n) is 3.16. The number of hydrogen-bond acceptors (Lipinski definition) is 6. The minimum Gasteiger partial charge on any atom is -0.381 e. The van der Waals surface area contributed by atoms with Crippen molar-refractivity contribution in [3.05, 3.63) is 11.1 Å². The van der Waals surface area contributed by atoms with Gasteiger partial charge in [-0.05, 0) is 38.0 Å². The lowest BCUT2D eigenvalue weighted by Crippen LogP contribution is -2.25. The summed E-state index contributed by atoms with van der Waals surface area (Å²) in [6, 6.07) is 0.134.